The second-order valence-corrected chi connectivity index (χ2v) is 4.85. The zero-order chi connectivity index (χ0) is 12.3. The maximum absolute atomic E-state index is 8.77. The Labute approximate surface area is 103 Å². The first-order chi connectivity index (χ1) is 8.20. The zero-order valence-electron chi connectivity index (χ0n) is 10.3. The van der Waals surface area contributed by atoms with Crippen LogP contribution in [0.1, 0.15) is 31.2 Å². The average molecular weight is 229 g/mol. The molecule has 2 N–H and O–H groups in total. The van der Waals surface area contributed by atoms with Crippen molar-refractivity contribution in [2.45, 2.75) is 37.8 Å². The van der Waals surface area contributed by atoms with E-state index in [0.717, 1.165) is 12.8 Å². The van der Waals surface area contributed by atoms with E-state index in [2.05, 4.69) is 18.0 Å². The van der Waals surface area contributed by atoms with Crippen LogP contribution in [0.2, 0.25) is 0 Å². The first-order valence-electron chi connectivity index (χ1n) is 6.19. The predicted octanol–water partition coefficient (Wildman–Crippen LogP) is 2.26. The highest BCUT2D eigenvalue weighted by molar-refractivity contribution is 5.49. The van der Waals surface area contributed by atoms with Gasteiger partial charge in [-0.2, -0.15) is 5.26 Å². The second kappa shape index (κ2) is 5.20. The van der Waals surface area contributed by atoms with Crippen molar-refractivity contribution in [3.8, 4) is 6.07 Å². The second-order valence-electron chi connectivity index (χ2n) is 4.85. The van der Waals surface area contributed by atoms with Gasteiger partial charge in [-0.05, 0) is 49.9 Å². The number of hydrogen-bond acceptors (Lipinski definition) is 3. The molecule has 0 radical (unpaired) electrons. The molecule has 0 aliphatic heterocycles. The van der Waals surface area contributed by atoms with Gasteiger partial charge in [0.15, 0.2) is 0 Å². The summed E-state index contributed by atoms with van der Waals surface area (Å²) >= 11 is 0. The third-order valence-corrected chi connectivity index (χ3v) is 3.64. The summed E-state index contributed by atoms with van der Waals surface area (Å²) in [5, 5.41) is 8.77. The summed E-state index contributed by atoms with van der Waals surface area (Å²) in [7, 11) is 2.12. The van der Waals surface area contributed by atoms with Crippen LogP contribution < -0.4 is 10.6 Å². The number of hydrogen-bond donors (Lipinski definition) is 1. The summed E-state index contributed by atoms with van der Waals surface area (Å²) in [5.41, 5.74) is 7.90. The van der Waals surface area contributed by atoms with E-state index in [-0.39, 0.29) is 0 Å². The van der Waals surface area contributed by atoms with Gasteiger partial charge >= 0.3 is 0 Å². The van der Waals surface area contributed by atoms with Gasteiger partial charge < -0.3 is 10.6 Å². The van der Waals surface area contributed by atoms with Crippen LogP contribution in [0, 0.1) is 11.3 Å². The fourth-order valence-corrected chi connectivity index (χ4v) is 2.53. The number of nitrogens with two attached hydrogens (primary N) is 1. The van der Waals surface area contributed by atoms with E-state index >= 15 is 0 Å². The molecule has 0 aromatic heterocycles. The number of benzene rings is 1. The minimum Gasteiger partial charge on any atom is -0.372 e. The lowest BCUT2D eigenvalue weighted by Gasteiger charge is -2.35. The van der Waals surface area contributed by atoms with E-state index in [1.165, 1.54) is 18.5 Å². The topological polar surface area (TPSA) is 53.0 Å². The molecule has 0 amide bonds. The lowest BCUT2D eigenvalue weighted by Crippen LogP contribution is -2.40. The van der Waals surface area contributed by atoms with E-state index < -0.39 is 0 Å². The van der Waals surface area contributed by atoms with Crippen LogP contribution in [0.3, 0.4) is 0 Å². The van der Waals surface area contributed by atoms with Crippen molar-refractivity contribution < 1.29 is 0 Å². The minimum absolute atomic E-state index is 0.342. The van der Waals surface area contributed by atoms with Gasteiger partial charge in [-0.15, -0.1) is 0 Å². The lowest BCUT2D eigenvalue weighted by molar-refractivity contribution is 0.382. The Balaban J connectivity index is 2.07. The van der Waals surface area contributed by atoms with Crippen molar-refractivity contribution in [1.29, 1.82) is 5.26 Å². The molecule has 90 valence electrons. The molecule has 1 aliphatic rings. The van der Waals surface area contributed by atoms with Crippen molar-refractivity contribution in [3.63, 3.8) is 0 Å². The number of anilines is 1. The molecule has 3 heteroatoms. The van der Waals surface area contributed by atoms with E-state index in [4.69, 9.17) is 11.0 Å². The van der Waals surface area contributed by atoms with E-state index in [1.54, 1.807) is 0 Å². The van der Waals surface area contributed by atoms with Gasteiger partial charge in [0.1, 0.15) is 0 Å². The monoisotopic (exact) mass is 229 g/mol. The Kier molecular flexibility index (Phi) is 3.65. The van der Waals surface area contributed by atoms with Crippen LogP contribution in [0.25, 0.3) is 0 Å². The predicted molar refractivity (Wildman–Crippen MR) is 69.8 cm³/mol. The summed E-state index contributed by atoms with van der Waals surface area (Å²) in [6, 6.07) is 10.8. The average Bonchev–Trinajstić information content (AvgIpc) is 2.38. The van der Waals surface area contributed by atoms with E-state index in [9.17, 15) is 0 Å². The van der Waals surface area contributed by atoms with Gasteiger partial charge in [0, 0.05) is 24.8 Å². The highest BCUT2D eigenvalue weighted by atomic mass is 15.1. The lowest BCUT2D eigenvalue weighted by atomic mass is 9.90. The molecule has 1 fully saturated rings. The third kappa shape index (κ3) is 2.78. The molecule has 0 bridgehead atoms. The molecule has 2 atom stereocenters. The van der Waals surface area contributed by atoms with E-state index in [1.807, 2.05) is 24.3 Å². The van der Waals surface area contributed by atoms with Gasteiger partial charge in [-0.3, -0.25) is 0 Å². The molecule has 3 nitrogen and oxygen atoms in total. The number of nitrogens with zero attached hydrogens (tertiary/aromatic N) is 2. The molecule has 0 spiro atoms. The van der Waals surface area contributed by atoms with E-state index in [0.29, 0.717) is 17.6 Å². The van der Waals surface area contributed by atoms with Crippen LogP contribution >= 0.6 is 0 Å². The van der Waals surface area contributed by atoms with Crippen LogP contribution in [0.15, 0.2) is 24.3 Å². The van der Waals surface area contributed by atoms with Crippen molar-refractivity contribution in [2.75, 3.05) is 11.9 Å². The first-order valence-corrected chi connectivity index (χ1v) is 6.19. The van der Waals surface area contributed by atoms with Gasteiger partial charge in [-0.25, -0.2) is 0 Å². The molecule has 2 rings (SSSR count). The number of rotatable bonds is 2. The third-order valence-electron chi connectivity index (χ3n) is 3.64. The van der Waals surface area contributed by atoms with Crippen LogP contribution in [0.5, 0.6) is 0 Å². The molecular formula is C14H19N3. The quantitative estimate of drug-likeness (QED) is 0.846. The van der Waals surface area contributed by atoms with Gasteiger partial charge in [-0.1, -0.05) is 0 Å². The van der Waals surface area contributed by atoms with Gasteiger partial charge in [0.25, 0.3) is 0 Å². The highest BCUT2D eigenvalue weighted by Gasteiger charge is 2.22. The molecular weight excluding hydrogens is 210 g/mol. The molecule has 1 aromatic rings. The summed E-state index contributed by atoms with van der Waals surface area (Å²) in [6.07, 6.45) is 4.64. The Morgan fingerprint density at radius 2 is 2.00 bits per heavy atom. The van der Waals surface area contributed by atoms with Crippen molar-refractivity contribution >= 4 is 5.69 Å². The fourth-order valence-electron chi connectivity index (χ4n) is 2.53. The maximum atomic E-state index is 8.77. The Bertz CT molecular complexity index is 404. The maximum Gasteiger partial charge on any atom is 0.0991 e. The summed E-state index contributed by atoms with van der Waals surface area (Å²) in [5.74, 6) is 0. The fraction of sp³-hybridized carbons (Fsp3) is 0.500. The van der Waals surface area contributed by atoms with Crippen LogP contribution in [-0.4, -0.2) is 19.1 Å². The normalized spacial score (nSPS) is 24.1. The molecule has 0 heterocycles. The Morgan fingerprint density at radius 3 is 2.59 bits per heavy atom. The Morgan fingerprint density at radius 1 is 1.29 bits per heavy atom. The molecule has 17 heavy (non-hydrogen) atoms. The SMILES string of the molecule is CN(c1ccc(C#N)cc1)C1CCCC(N)C1. The smallest absolute Gasteiger partial charge is 0.0991 e. The van der Waals surface area contributed by atoms with Crippen molar-refractivity contribution in [1.82, 2.24) is 0 Å². The highest BCUT2D eigenvalue weighted by Crippen LogP contribution is 2.25. The molecule has 0 saturated heterocycles. The van der Waals surface area contributed by atoms with Gasteiger partial charge in [0.2, 0.25) is 0 Å². The van der Waals surface area contributed by atoms with Gasteiger partial charge in [0.05, 0.1) is 11.6 Å². The molecule has 1 aromatic carbocycles. The summed E-state index contributed by atoms with van der Waals surface area (Å²) in [6.45, 7) is 0. The van der Waals surface area contributed by atoms with Crippen molar-refractivity contribution in [2.24, 2.45) is 5.73 Å². The molecule has 1 aliphatic carbocycles. The molecule has 2 unspecified atom stereocenters. The minimum atomic E-state index is 0.342. The van der Waals surface area contributed by atoms with Crippen LogP contribution in [-0.2, 0) is 0 Å². The van der Waals surface area contributed by atoms with Crippen LogP contribution in [0.4, 0.5) is 5.69 Å². The standard InChI is InChI=1S/C14H19N3/c1-17(14-4-2-3-12(16)9-14)13-7-5-11(10-15)6-8-13/h5-8,12,14H,2-4,9,16H2,1H3. The van der Waals surface area contributed by atoms with Crippen molar-refractivity contribution in [3.05, 3.63) is 29.8 Å². The summed E-state index contributed by atoms with van der Waals surface area (Å²) in [4.78, 5) is 2.29. The number of nitriles is 1. The zero-order valence-corrected chi connectivity index (χ0v) is 10.3. The molecule has 1 saturated carbocycles. The largest absolute Gasteiger partial charge is 0.372 e. The Hall–Kier alpha value is -1.53. The summed E-state index contributed by atoms with van der Waals surface area (Å²) < 4.78 is 0. The first kappa shape index (κ1) is 11.9.